The largest absolute Gasteiger partial charge is 0.444 e. The van der Waals surface area contributed by atoms with Crippen LogP contribution in [-0.4, -0.2) is 38.6 Å². The maximum Gasteiger partial charge on any atom is 0.410 e. The van der Waals surface area contributed by atoms with Crippen molar-refractivity contribution >= 4 is 28.5 Å². The topological polar surface area (TPSA) is 93.5 Å². The van der Waals surface area contributed by atoms with E-state index in [2.05, 4.69) is 10.3 Å². The van der Waals surface area contributed by atoms with Crippen LogP contribution in [0.1, 0.15) is 52.8 Å². The van der Waals surface area contributed by atoms with Gasteiger partial charge in [0.1, 0.15) is 11.2 Å². The molecule has 1 aliphatic heterocycles. The molecule has 8 nitrogen and oxygen atoms in total. The zero-order valence-electron chi connectivity index (χ0n) is 19.8. The monoisotopic (exact) mass is 480 g/mol. The molecule has 1 N–H and O–H groups in total. The third-order valence-corrected chi connectivity index (χ3v) is 6.30. The minimum Gasteiger partial charge on any atom is -0.444 e. The maximum absolute atomic E-state index is 12.9. The Kier molecular flexibility index (Phi) is 6.56. The highest BCUT2D eigenvalue weighted by Gasteiger charge is 2.28. The lowest BCUT2D eigenvalue weighted by Gasteiger charge is -2.29. The van der Waals surface area contributed by atoms with E-state index < -0.39 is 11.5 Å². The molecular formula is C25H28N4O4S. The van der Waals surface area contributed by atoms with Gasteiger partial charge in [-0.1, -0.05) is 41.2 Å². The van der Waals surface area contributed by atoms with Gasteiger partial charge in [-0.2, -0.15) is 0 Å². The summed E-state index contributed by atoms with van der Waals surface area (Å²) in [6.45, 7) is 8.76. The predicted octanol–water partition coefficient (Wildman–Crippen LogP) is 4.21. The summed E-state index contributed by atoms with van der Waals surface area (Å²) in [4.78, 5) is 45.3. The first-order valence-corrected chi connectivity index (χ1v) is 11.9. The van der Waals surface area contributed by atoms with Gasteiger partial charge in [0.25, 0.3) is 11.5 Å². The van der Waals surface area contributed by atoms with Crippen molar-refractivity contribution in [3.05, 3.63) is 80.2 Å². The number of carbonyl (C=O) groups is 2. The van der Waals surface area contributed by atoms with E-state index in [-0.39, 0.29) is 17.2 Å². The standard InChI is InChI=1S/C25H28N4O4S/c1-16-7-5-8-17(13-16)14-28-11-6-9-18(22(28)31)21(30)27-23-26-19-10-12-29(15-20(19)34-23)24(32)33-25(2,3)4/h5-9,11,13H,10,12,14-15H2,1-4H3,(H,26,27,30). The van der Waals surface area contributed by atoms with Crippen LogP contribution >= 0.6 is 11.3 Å². The molecular weight excluding hydrogens is 452 g/mol. The number of amides is 2. The van der Waals surface area contributed by atoms with Crippen LogP contribution in [0.15, 0.2) is 47.4 Å². The van der Waals surface area contributed by atoms with Crippen LogP contribution in [0, 0.1) is 6.92 Å². The van der Waals surface area contributed by atoms with Crippen molar-refractivity contribution in [1.29, 1.82) is 0 Å². The van der Waals surface area contributed by atoms with Gasteiger partial charge in [-0.15, -0.1) is 0 Å². The second-order valence-electron chi connectivity index (χ2n) is 9.34. The van der Waals surface area contributed by atoms with E-state index in [9.17, 15) is 14.4 Å². The highest BCUT2D eigenvalue weighted by atomic mass is 32.1. The highest BCUT2D eigenvalue weighted by molar-refractivity contribution is 7.15. The van der Waals surface area contributed by atoms with Crippen molar-refractivity contribution in [2.24, 2.45) is 0 Å². The van der Waals surface area contributed by atoms with Gasteiger partial charge in [0.2, 0.25) is 0 Å². The Labute approximate surface area is 202 Å². The van der Waals surface area contributed by atoms with E-state index in [1.807, 2.05) is 52.0 Å². The number of fused-ring (bicyclic) bond motifs is 1. The Morgan fingerprint density at radius 1 is 1.21 bits per heavy atom. The Balaban J connectivity index is 1.46. The summed E-state index contributed by atoms with van der Waals surface area (Å²) in [7, 11) is 0. The van der Waals surface area contributed by atoms with E-state index in [4.69, 9.17) is 4.74 Å². The average Bonchev–Trinajstić information content (AvgIpc) is 3.15. The lowest BCUT2D eigenvalue weighted by Crippen LogP contribution is -2.39. The Morgan fingerprint density at radius 3 is 2.74 bits per heavy atom. The van der Waals surface area contributed by atoms with Gasteiger partial charge in [-0.05, 0) is 45.4 Å². The van der Waals surface area contributed by atoms with Gasteiger partial charge in [0.15, 0.2) is 5.13 Å². The van der Waals surface area contributed by atoms with Crippen LogP contribution in [0.5, 0.6) is 0 Å². The molecule has 0 atom stereocenters. The first-order chi connectivity index (χ1) is 16.1. The SMILES string of the molecule is Cc1cccc(Cn2cccc(C(=O)Nc3nc4c(s3)CN(C(=O)OC(C)(C)C)CC4)c2=O)c1. The summed E-state index contributed by atoms with van der Waals surface area (Å²) in [6.07, 6.45) is 1.89. The fourth-order valence-corrected chi connectivity index (χ4v) is 4.76. The molecule has 3 heterocycles. The number of thiazole rings is 1. The van der Waals surface area contributed by atoms with Crippen molar-refractivity contribution in [2.45, 2.75) is 52.8 Å². The molecule has 1 aromatic carbocycles. The number of pyridine rings is 1. The third-order valence-electron chi connectivity index (χ3n) is 5.30. The minimum atomic E-state index is -0.563. The van der Waals surface area contributed by atoms with Crippen molar-refractivity contribution in [3.8, 4) is 0 Å². The van der Waals surface area contributed by atoms with Crippen LogP contribution in [-0.2, 0) is 24.2 Å². The van der Waals surface area contributed by atoms with Crippen LogP contribution in [0.25, 0.3) is 0 Å². The summed E-state index contributed by atoms with van der Waals surface area (Å²) < 4.78 is 6.98. The number of carbonyl (C=O) groups excluding carboxylic acids is 2. The van der Waals surface area contributed by atoms with E-state index in [1.54, 1.807) is 17.2 Å². The van der Waals surface area contributed by atoms with Crippen molar-refractivity contribution < 1.29 is 14.3 Å². The van der Waals surface area contributed by atoms with Crippen molar-refractivity contribution in [1.82, 2.24) is 14.5 Å². The molecule has 0 fully saturated rings. The average molecular weight is 481 g/mol. The number of benzene rings is 1. The molecule has 0 radical (unpaired) electrons. The fraction of sp³-hybridized carbons (Fsp3) is 0.360. The molecule has 2 amide bonds. The molecule has 34 heavy (non-hydrogen) atoms. The number of hydrogen-bond acceptors (Lipinski definition) is 6. The van der Waals surface area contributed by atoms with Gasteiger partial charge < -0.3 is 14.2 Å². The molecule has 9 heteroatoms. The number of rotatable bonds is 4. The molecule has 3 aromatic rings. The number of aromatic nitrogens is 2. The summed E-state index contributed by atoms with van der Waals surface area (Å²) in [6, 6.07) is 11.1. The smallest absolute Gasteiger partial charge is 0.410 e. The van der Waals surface area contributed by atoms with Gasteiger partial charge in [0.05, 0.1) is 18.8 Å². The summed E-state index contributed by atoms with van der Waals surface area (Å²) in [5.74, 6) is -0.501. The first-order valence-electron chi connectivity index (χ1n) is 11.1. The lowest BCUT2D eigenvalue weighted by molar-refractivity contribution is 0.0225. The van der Waals surface area contributed by atoms with Crippen molar-refractivity contribution in [2.75, 3.05) is 11.9 Å². The lowest BCUT2D eigenvalue weighted by atomic mass is 10.1. The second kappa shape index (κ2) is 9.42. The van der Waals surface area contributed by atoms with Crippen LogP contribution in [0.2, 0.25) is 0 Å². The quantitative estimate of drug-likeness (QED) is 0.604. The van der Waals surface area contributed by atoms with Crippen LogP contribution in [0.3, 0.4) is 0 Å². The summed E-state index contributed by atoms with van der Waals surface area (Å²) in [5.41, 5.74) is 2.08. The van der Waals surface area contributed by atoms with Crippen LogP contribution < -0.4 is 10.9 Å². The van der Waals surface area contributed by atoms with Crippen molar-refractivity contribution in [3.63, 3.8) is 0 Å². The Hall–Kier alpha value is -3.46. The zero-order chi connectivity index (χ0) is 24.5. The molecule has 0 saturated heterocycles. The molecule has 2 aromatic heterocycles. The second-order valence-corrected chi connectivity index (χ2v) is 10.4. The molecule has 178 valence electrons. The molecule has 1 aliphatic rings. The fourth-order valence-electron chi connectivity index (χ4n) is 3.74. The number of ether oxygens (including phenoxy) is 1. The molecule has 0 aliphatic carbocycles. The number of aryl methyl sites for hydroxylation is 1. The summed E-state index contributed by atoms with van der Waals surface area (Å²) >= 11 is 1.31. The van der Waals surface area contributed by atoms with E-state index in [1.165, 1.54) is 22.0 Å². The molecule has 0 spiro atoms. The normalized spacial score (nSPS) is 13.4. The molecule has 0 unspecified atom stereocenters. The van der Waals surface area contributed by atoms with E-state index in [0.29, 0.717) is 31.2 Å². The molecule has 4 rings (SSSR count). The van der Waals surface area contributed by atoms with E-state index in [0.717, 1.165) is 21.7 Å². The number of nitrogens with one attached hydrogen (secondary N) is 1. The van der Waals surface area contributed by atoms with Gasteiger partial charge >= 0.3 is 6.09 Å². The number of nitrogens with zero attached hydrogens (tertiary/aromatic N) is 3. The predicted molar refractivity (Wildman–Crippen MR) is 131 cm³/mol. The highest BCUT2D eigenvalue weighted by Crippen LogP contribution is 2.29. The first kappa shape index (κ1) is 23.7. The Bertz CT molecular complexity index is 1290. The van der Waals surface area contributed by atoms with E-state index >= 15 is 0 Å². The molecule has 0 bridgehead atoms. The number of anilines is 1. The van der Waals surface area contributed by atoms with Gasteiger partial charge in [-0.25, -0.2) is 9.78 Å². The minimum absolute atomic E-state index is 0.0544. The van der Waals surface area contributed by atoms with Crippen LogP contribution in [0.4, 0.5) is 9.93 Å². The molecule has 0 saturated carbocycles. The van der Waals surface area contributed by atoms with Gasteiger partial charge in [0, 0.05) is 24.0 Å². The maximum atomic E-state index is 12.9. The van der Waals surface area contributed by atoms with Gasteiger partial charge in [-0.3, -0.25) is 14.9 Å². The number of hydrogen-bond donors (Lipinski definition) is 1. The summed E-state index contributed by atoms with van der Waals surface area (Å²) in [5, 5.41) is 3.17. The Morgan fingerprint density at radius 2 is 2.00 bits per heavy atom. The third kappa shape index (κ3) is 5.53. The zero-order valence-corrected chi connectivity index (χ0v) is 20.6.